The summed E-state index contributed by atoms with van der Waals surface area (Å²) in [6.45, 7) is 1.45. The van der Waals surface area contributed by atoms with Crippen molar-refractivity contribution < 1.29 is 26.7 Å². The lowest BCUT2D eigenvalue weighted by atomic mass is 10.2. The van der Waals surface area contributed by atoms with E-state index >= 15 is 0 Å². The molecule has 0 saturated carbocycles. The zero-order valence-electron chi connectivity index (χ0n) is 16.7. The van der Waals surface area contributed by atoms with Gasteiger partial charge in [0, 0.05) is 11.1 Å². The third-order valence-electron chi connectivity index (χ3n) is 4.88. The molecular formula is C22H17ClF2N2O4S. The van der Waals surface area contributed by atoms with E-state index in [1.165, 1.54) is 30.3 Å². The SMILES string of the molecule is Cc1ccc(S(=O)(=O)N2C[C@@H](C(=O)Nc3ccc(F)cc3F)Oc3ccc(Cl)cc32)cc1. The van der Waals surface area contributed by atoms with E-state index in [4.69, 9.17) is 16.3 Å². The van der Waals surface area contributed by atoms with E-state index in [1.54, 1.807) is 12.1 Å². The minimum Gasteiger partial charge on any atom is -0.476 e. The van der Waals surface area contributed by atoms with Gasteiger partial charge in [-0.3, -0.25) is 9.10 Å². The highest BCUT2D eigenvalue weighted by Gasteiger charge is 2.38. The molecule has 0 aromatic heterocycles. The summed E-state index contributed by atoms with van der Waals surface area (Å²) >= 11 is 6.07. The van der Waals surface area contributed by atoms with Crippen LogP contribution in [0.3, 0.4) is 0 Å². The van der Waals surface area contributed by atoms with E-state index < -0.39 is 33.7 Å². The fourth-order valence-electron chi connectivity index (χ4n) is 3.23. The van der Waals surface area contributed by atoms with Gasteiger partial charge in [-0.25, -0.2) is 17.2 Å². The van der Waals surface area contributed by atoms with Crippen LogP contribution in [0.25, 0.3) is 0 Å². The lowest BCUT2D eigenvalue weighted by molar-refractivity contribution is -0.122. The molecule has 1 atom stereocenters. The number of nitrogens with one attached hydrogen (secondary N) is 1. The van der Waals surface area contributed by atoms with Crippen LogP contribution in [0.5, 0.6) is 5.75 Å². The summed E-state index contributed by atoms with van der Waals surface area (Å²) in [4.78, 5) is 12.8. The molecule has 0 bridgehead atoms. The maximum absolute atomic E-state index is 14.0. The molecule has 0 saturated heterocycles. The number of halogens is 3. The molecule has 1 amide bonds. The number of hydrogen-bond acceptors (Lipinski definition) is 4. The fraction of sp³-hybridized carbons (Fsp3) is 0.136. The van der Waals surface area contributed by atoms with Gasteiger partial charge in [-0.1, -0.05) is 29.3 Å². The van der Waals surface area contributed by atoms with Crippen LogP contribution < -0.4 is 14.4 Å². The van der Waals surface area contributed by atoms with Gasteiger partial charge in [0.15, 0.2) is 6.10 Å². The number of benzene rings is 3. The van der Waals surface area contributed by atoms with Gasteiger partial charge in [0.1, 0.15) is 17.4 Å². The van der Waals surface area contributed by atoms with Gasteiger partial charge < -0.3 is 10.1 Å². The van der Waals surface area contributed by atoms with Gasteiger partial charge >= 0.3 is 0 Å². The first-order valence-corrected chi connectivity index (χ1v) is 11.3. The molecule has 3 aromatic rings. The van der Waals surface area contributed by atoms with E-state index in [1.807, 2.05) is 6.92 Å². The van der Waals surface area contributed by atoms with Crippen molar-refractivity contribution in [1.82, 2.24) is 0 Å². The molecule has 3 aromatic carbocycles. The first-order chi connectivity index (χ1) is 15.1. The molecule has 0 fully saturated rings. The Morgan fingerprint density at radius 2 is 1.81 bits per heavy atom. The number of nitrogens with zero attached hydrogens (tertiary/aromatic N) is 1. The van der Waals surface area contributed by atoms with Crippen molar-refractivity contribution in [3.05, 3.63) is 82.9 Å². The predicted molar refractivity (Wildman–Crippen MR) is 117 cm³/mol. The fourth-order valence-corrected chi connectivity index (χ4v) is 4.86. The molecule has 0 spiro atoms. The quantitative estimate of drug-likeness (QED) is 0.598. The van der Waals surface area contributed by atoms with Crippen molar-refractivity contribution in [2.45, 2.75) is 17.9 Å². The number of amides is 1. The molecule has 10 heteroatoms. The number of fused-ring (bicyclic) bond motifs is 1. The monoisotopic (exact) mass is 478 g/mol. The number of carbonyl (C=O) groups excluding carboxylic acids is 1. The molecule has 0 unspecified atom stereocenters. The maximum atomic E-state index is 14.0. The molecule has 32 heavy (non-hydrogen) atoms. The summed E-state index contributed by atoms with van der Waals surface area (Å²) in [6.07, 6.45) is -1.30. The maximum Gasteiger partial charge on any atom is 0.267 e. The first-order valence-electron chi connectivity index (χ1n) is 9.47. The van der Waals surface area contributed by atoms with Crippen molar-refractivity contribution in [2.24, 2.45) is 0 Å². The van der Waals surface area contributed by atoms with Gasteiger partial charge in [-0.15, -0.1) is 0 Å². The Morgan fingerprint density at radius 3 is 2.50 bits per heavy atom. The third kappa shape index (κ3) is 4.26. The van der Waals surface area contributed by atoms with Crippen LogP contribution in [0, 0.1) is 18.6 Å². The van der Waals surface area contributed by atoms with E-state index in [0.717, 1.165) is 22.0 Å². The average Bonchev–Trinajstić information content (AvgIpc) is 2.75. The highest BCUT2D eigenvalue weighted by atomic mass is 35.5. The van der Waals surface area contributed by atoms with E-state index in [0.29, 0.717) is 6.07 Å². The highest BCUT2D eigenvalue weighted by Crippen LogP contribution is 2.39. The normalized spacial score (nSPS) is 15.6. The molecule has 166 valence electrons. The largest absolute Gasteiger partial charge is 0.476 e. The van der Waals surface area contributed by atoms with Crippen LogP contribution in [-0.4, -0.2) is 27.0 Å². The van der Waals surface area contributed by atoms with Crippen molar-refractivity contribution >= 4 is 38.9 Å². The Labute approximate surface area is 188 Å². The molecule has 1 aliphatic heterocycles. The number of ether oxygens (including phenoxy) is 1. The lowest BCUT2D eigenvalue weighted by Gasteiger charge is -2.35. The minimum atomic E-state index is -4.07. The summed E-state index contributed by atoms with van der Waals surface area (Å²) in [5.41, 5.74) is 0.804. The third-order valence-corrected chi connectivity index (χ3v) is 6.91. The summed E-state index contributed by atoms with van der Waals surface area (Å²) in [7, 11) is -4.07. The first kappa shape index (κ1) is 22.0. The van der Waals surface area contributed by atoms with Crippen LogP contribution in [0.2, 0.25) is 5.02 Å². The zero-order valence-corrected chi connectivity index (χ0v) is 18.3. The summed E-state index contributed by atoms with van der Waals surface area (Å²) in [5, 5.41) is 2.60. The van der Waals surface area contributed by atoms with Crippen LogP contribution in [-0.2, 0) is 14.8 Å². The van der Waals surface area contributed by atoms with Crippen LogP contribution in [0.4, 0.5) is 20.2 Å². The van der Waals surface area contributed by atoms with Gasteiger partial charge in [0.2, 0.25) is 0 Å². The Morgan fingerprint density at radius 1 is 1.09 bits per heavy atom. The number of rotatable bonds is 4. The molecular weight excluding hydrogens is 462 g/mol. The van der Waals surface area contributed by atoms with Crippen LogP contribution in [0.15, 0.2) is 65.6 Å². The standard InChI is InChI=1S/C22H17ClF2N2O4S/c1-13-2-6-16(7-3-13)32(29,30)27-12-21(31-20-9-4-14(23)10-19(20)27)22(28)26-18-8-5-15(24)11-17(18)25/h2-11,21H,12H2,1H3,(H,26,28)/t21-/m0/s1. The highest BCUT2D eigenvalue weighted by molar-refractivity contribution is 7.92. The molecule has 0 radical (unpaired) electrons. The minimum absolute atomic E-state index is 0.0275. The molecule has 6 nitrogen and oxygen atoms in total. The van der Waals surface area contributed by atoms with Crippen molar-refractivity contribution in [1.29, 1.82) is 0 Å². The molecule has 0 aliphatic carbocycles. The molecule has 1 aliphatic rings. The van der Waals surface area contributed by atoms with Gasteiger partial charge in [0.05, 0.1) is 22.8 Å². The van der Waals surface area contributed by atoms with Crippen LogP contribution >= 0.6 is 11.6 Å². The van der Waals surface area contributed by atoms with E-state index in [-0.39, 0.29) is 33.6 Å². The van der Waals surface area contributed by atoms with Gasteiger partial charge in [-0.05, 0) is 49.4 Å². The predicted octanol–water partition coefficient (Wildman–Crippen LogP) is 4.52. The number of sulfonamides is 1. The van der Waals surface area contributed by atoms with Crippen molar-refractivity contribution in [3.63, 3.8) is 0 Å². The lowest BCUT2D eigenvalue weighted by Crippen LogP contribution is -2.48. The smallest absolute Gasteiger partial charge is 0.267 e. The summed E-state index contributed by atoms with van der Waals surface area (Å²) in [6, 6.07) is 13.3. The Balaban J connectivity index is 1.69. The van der Waals surface area contributed by atoms with E-state index in [9.17, 15) is 22.0 Å². The Bertz CT molecular complexity index is 1300. The van der Waals surface area contributed by atoms with E-state index in [2.05, 4.69) is 5.32 Å². The molecule has 1 N–H and O–H groups in total. The van der Waals surface area contributed by atoms with Gasteiger partial charge in [-0.2, -0.15) is 0 Å². The molecule has 4 rings (SSSR count). The van der Waals surface area contributed by atoms with Crippen molar-refractivity contribution in [3.8, 4) is 5.75 Å². The Kier molecular flexibility index (Phi) is 5.79. The summed E-state index contributed by atoms with van der Waals surface area (Å²) in [5.74, 6) is -2.43. The average molecular weight is 479 g/mol. The summed E-state index contributed by atoms with van der Waals surface area (Å²) < 4.78 is 60.6. The zero-order chi connectivity index (χ0) is 23.0. The number of anilines is 2. The topological polar surface area (TPSA) is 75.7 Å². The number of carbonyl (C=O) groups is 1. The second-order valence-corrected chi connectivity index (χ2v) is 9.48. The number of hydrogen-bond donors (Lipinski definition) is 1. The molecule has 1 heterocycles. The van der Waals surface area contributed by atoms with Gasteiger partial charge in [0.25, 0.3) is 15.9 Å². The number of aryl methyl sites for hydroxylation is 1. The second kappa shape index (κ2) is 8.40. The van der Waals surface area contributed by atoms with Crippen molar-refractivity contribution in [2.75, 3.05) is 16.2 Å². The second-order valence-electron chi connectivity index (χ2n) is 7.18. The van der Waals surface area contributed by atoms with Crippen LogP contribution in [0.1, 0.15) is 5.56 Å². The Hall–Kier alpha value is -3.17.